The Morgan fingerprint density at radius 2 is 2.06 bits per heavy atom. The minimum absolute atomic E-state index is 0.373. The van der Waals surface area contributed by atoms with Gasteiger partial charge in [0.25, 0.3) is 0 Å². The van der Waals surface area contributed by atoms with Crippen LogP contribution in [0.25, 0.3) is 0 Å². The number of halogens is 1. The van der Waals surface area contributed by atoms with Gasteiger partial charge < -0.3 is 9.30 Å². The molecule has 0 radical (unpaired) electrons. The zero-order valence-electron chi connectivity index (χ0n) is 10.9. The van der Waals surface area contributed by atoms with Crippen LogP contribution in [-0.4, -0.2) is 9.55 Å². The van der Waals surface area contributed by atoms with Gasteiger partial charge in [0, 0.05) is 6.04 Å². The van der Waals surface area contributed by atoms with Crippen LogP contribution < -0.4 is 4.74 Å². The summed E-state index contributed by atoms with van der Waals surface area (Å²) >= 11 is 6.05. The van der Waals surface area contributed by atoms with Gasteiger partial charge >= 0.3 is 0 Å². The van der Waals surface area contributed by atoms with Crippen LogP contribution in [-0.2, 0) is 6.61 Å². The molecule has 0 fully saturated rings. The van der Waals surface area contributed by atoms with Crippen LogP contribution in [0.4, 0.5) is 0 Å². The fourth-order valence-electron chi connectivity index (χ4n) is 2.03. The molecule has 0 unspecified atom stereocenters. The van der Waals surface area contributed by atoms with Crippen LogP contribution in [0.15, 0.2) is 30.5 Å². The highest BCUT2D eigenvalue weighted by atomic mass is 35.5. The van der Waals surface area contributed by atoms with Crippen molar-refractivity contribution in [2.24, 2.45) is 0 Å². The second kappa shape index (κ2) is 5.44. The zero-order chi connectivity index (χ0) is 13.1. The van der Waals surface area contributed by atoms with Crippen molar-refractivity contribution in [2.75, 3.05) is 0 Å². The van der Waals surface area contributed by atoms with Crippen LogP contribution in [0.2, 0.25) is 5.02 Å². The molecule has 0 aliphatic heterocycles. The number of hydrogen-bond donors (Lipinski definition) is 0. The van der Waals surface area contributed by atoms with E-state index in [0.29, 0.717) is 23.4 Å². The summed E-state index contributed by atoms with van der Waals surface area (Å²) in [5.74, 6) is 1.70. The molecule has 18 heavy (non-hydrogen) atoms. The second-order valence-electron chi connectivity index (χ2n) is 4.48. The third-order valence-electron chi connectivity index (χ3n) is 2.79. The molecular weight excluding hydrogens is 248 g/mol. The maximum Gasteiger partial charge on any atom is 0.138 e. The summed E-state index contributed by atoms with van der Waals surface area (Å²) in [6, 6.07) is 7.86. The number of rotatable bonds is 4. The SMILES string of the molecule is Cc1ncc(COc2ccccc2Cl)n1C(C)C. The molecule has 1 aromatic heterocycles. The van der Waals surface area contributed by atoms with Crippen LogP contribution >= 0.6 is 11.6 Å². The van der Waals surface area contributed by atoms with Crippen LogP contribution in [0, 0.1) is 6.92 Å². The van der Waals surface area contributed by atoms with Crippen molar-refractivity contribution in [1.82, 2.24) is 9.55 Å². The van der Waals surface area contributed by atoms with Crippen molar-refractivity contribution in [2.45, 2.75) is 33.4 Å². The van der Waals surface area contributed by atoms with E-state index in [2.05, 4.69) is 23.4 Å². The average molecular weight is 265 g/mol. The molecule has 3 nitrogen and oxygen atoms in total. The fourth-order valence-corrected chi connectivity index (χ4v) is 2.22. The van der Waals surface area contributed by atoms with Gasteiger partial charge in [-0.05, 0) is 32.9 Å². The van der Waals surface area contributed by atoms with Gasteiger partial charge in [0.2, 0.25) is 0 Å². The van der Waals surface area contributed by atoms with E-state index in [1.165, 1.54) is 0 Å². The molecule has 2 aromatic rings. The Hall–Kier alpha value is -1.48. The third-order valence-corrected chi connectivity index (χ3v) is 3.10. The van der Waals surface area contributed by atoms with Gasteiger partial charge in [0.05, 0.1) is 16.9 Å². The molecular formula is C14H17ClN2O. The lowest BCUT2D eigenvalue weighted by atomic mass is 10.3. The summed E-state index contributed by atoms with van der Waals surface area (Å²) < 4.78 is 7.90. The minimum atomic E-state index is 0.373. The summed E-state index contributed by atoms with van der Waals surface area (Å²) in [5, 5.41) is 0.629. The van der Waals surface area contributed by atoms with Crippen LogP contribution in [0.5, 0.6) is 5.75 Å². The molecule has 0 N–H and O–H groups in total. The first kappa shape index (κ1) is 13.0. The van der Waals surface area contributed by atoms with Gasteiger partial charge in [-0.1, -0.05) is 23.7 Å². The van der Waals surface area contributed by atoms with E-state index in [1.807, 2.05) is 37.4 Å². The highest BCUT2D eigenvalue weighted by molar-refractivity contribution is 6.32. The number of ether oxygens (including phenoxy) is 1. The molecule has 0 aliphatic carbocycles. The average Bonchev–Trinajstić information content (AvgIpc) is 2.69. The number of imidazole rings is 1. The van der Waals surface area contributed by atoms with Crippen molar-refractivity contribution in [3.63, 3.8) is 0 Å². The van der Waals surface area contributed by atoms with Crippen molar-refractivity contribution in [3.8, 4) is 5.75 Å². The lowest BCUT2D eigenvalue weighted by Crippen LogP contribution is -2.09. The van der Waals surface area contributed by atoms with E-state index in [1.54, 1.807) is 0 Å². The number of aromatic nitrogens is 2. The molecule has 0 aliphatic rings. The standard InChI is InChI=1S/C14H17ClN2O/c1-10(2)17-11(3)16-8-12(17)9-18-14-7-5-4-6-13(14)15/h4-8,10H,9H2,1-3H3. The summed E-state index contributed by atoms with van der Waals surface area (Å²) in [5.41, 5.74) is 1.06. The van der Waals surface area contributed by atoms with Gasteiger partial charge in [-0.15, -0.1) is 0 Å². The molecule has 0 saturated heterocycles. The molecule has 4 heteroatoms. The van der Waals surface area contributed by atoms with E-state index in [4.69, 9.17) is 16.3 Å². The van der Waals surface area contributed by atoms with Gasteiger partial charge in [0.1, 0.15) is 18.2 Å². The first-order valence-corrected chi connectivity index (χ1v) is 6.37. The summed E-state index contributed by atoms with van der Waals surface area (Å²) in [7, 11) is 0. The van der Waals surface area contributed by atoms with E-state index in [0.717, 1.165) is 11.5 Å². The first-order chi connectivity index (χ1) is 8.59. The van der Waals surface area contributed by atoms with Gasteiger partial charge in [-0.2, -0.15) is 0 Å². The Morgan fingerprint density at radius 3 is 2.72 bits per heavy atom. The topological polar surface area (TPSA) is 27.1 Å². The Balaban J connectivity index is 2.14. The second-order valence-corrected chi connectivity index (χ2v) is 4.89. The molecule has 96 valence electrons. The number of para-hydroxylation sites is 1. The summed E-state index contributed by atoms with van der Waals surface area (Å²) in [6.07, 6.45) is 1.85. The summed E-state index contributed by atoms with van der Waals surface area (Å²) in [6.45, 7) is 6.74. The van der Waals surface area contributed by atoms with Crippen molar-refractivity contribution < 1.29 is 4.74 Å². The molecule has 2 rings (SSSR count). The molecule has 0 spiro atoms. The smallest absolute Gasteiger partial charge is 0.138 e. The lowest BCUT2D eigenvalue weighted by Gasteiger charge is -2.15. The number of hydrogen-bond acceptors (Lipinski definition) is 2. The Kier molecular flexibility index (Phi) is 3.92. The molecule has 0 bridgehead atoms. The Labute approximate surface area is 112 Å². The number of nitrogens with zero attached hydrogens (tertiary/aromatic N) is 2. The van der Waals surface area contributed by atoms with Gasteiger partial charge in [0.15, 0.2) is 0 Å². The van der Waals surface area contributed by atoms with E-state index in [9.17, 15) is 0 Å². The highest BCUT2D eigenvalue weighted by Gasteiger charge is 2.10. The van der Waals surface area contributed by atoms with E-state index in [-0.39, 0.29) is 0 Å². The molecule has 1 heterocycles. The Morgan fingerprint density at radius 1 is 1.33 bits per heavy atom. The van der Waals surface area contributed by atoms with E-state index >= 15 is 0 Å². The third kappa shape index (κ3) is 2.67. The quantitative estimate of drug-likeness (QED) is 0.834. The van der Waals surface area contributed by atoms with Crippen molar-refractivity contribution in [3.05, 3.63) is 47.0 Å². The van der Waals surface area contributed by atoms with Crippen molar-refractivity contribution >= 4 is 11.6 Å². The normalized spacial score (nSPS) is 10.9. The monoisotopic (exact) mass is 264 g/mol. The first-order valence-electron chi connectivity index (χ1n) is 5.99. The number of aryl methyl sites for hydroxylation is 1. The van der Waals surface area contributed by atoms with E-state index < -0.39 is 0 Å². The van der Waals surface area contributed by atoms with Crippen molar-refractivity contribution in [1.29, 1.82) is 0 Å². The van der Waals surface area contributed by atoms with Gasteiger partial charge in [-0.3, -0.25) is 0 Å². The predicted molar refractivity (Wildman–Crippen MR) is 73.1 cm³/mol. The highest BCUT2D eigenvalue weighted by Crippen LogP contribution is 2.24. The lowest BCUT2D eigenvalue weighted by molar-refractivity contribution is 0.291. The molecule has 0 saturated carbocycles. The largest absolute Gasteiger partial charge is 0.486 e. The van der Waals surface area contributed by atoms with Crippen LogP contribution in [0.1, 0.15) is 31.4 Å². The maximum absolute atomic E-state index is 6.05. The molecule has 0 atom stereocenters. The zero-order valence-corrected chi connectivity index (χ0v) is 11.6. The minimum Gasteiger partial charge on any atom is -0.486 e. The van der Waals surface area contributed by atoms with Crippen LogP contribution in [0.3, 0.4) is 0 Å². The molecule has 0 amide bonds. The predicted octanol–water partition coefficient (Wildman–Crippen LogP) is 4.00. The Bertz CT molecular complexity index is 534. The summed E-state index contributed by atoms with van der Waals surface area (Å²) in [4.78, 5) is 4.32. The van der Waals surface area contributed by atoms with Gasteiger partial charge in [-0.25, -0.2) is 4.98 Å². The maximum atomic E-state index is 6.05. The molecule has 1 aromatic carbocycles. The fraction of sp³-hybridized carbons (Fsp3) is 0.357. The number of benzene rings is 1.